The average Bonchev–Trinajstić information content (AvgIpc) is 2.88. The lowest BCUT2D eigenvalue weighted by Gasteiger charge is -2.20. The van der Waals surface area contributed by atoms with E-state index in [4.69, 9.17) is 4.74 Å². The Kier molecular flexibility index (Phi) is 8.99. The fraction of sp³-hybridized carbons (Fsp3) is 0.250. The van der Waals surface area contributed by atoms with Crippen molar-refractivity contribution in [3.05, 3.63) is 95.3 Å². The SMILES string of the molecule is COc1cc(CC(=O)[C@H](Cc2ccccc2)NC(=O)c2ccc(F)cc2)ccc1S(=O)(=O)NC(C)(C)C#N. The molecule has 8 nitrogen and oxygen atoms in total. The van der Waals surface area contributed by atoms with Crippen LogP contribution in [0.15, 0.2) is 77.7 Å². The molecule has 10 heteroatoms. The molecule has 0 heterocycles. The lowest BCUT2D eigenvalue weighted by Crippen LogP contribution is -2.43. The molecule has 3 aromatic carbocycles. The quantitative estimate of drug-likeness (QED) is 0.385. The largest absolute Gasteiger partial charge is 0.495 e. The predicted molar refractivity (Wildman–Crippen MR) is 140 cm³/mol. The highest BCUT2D eigenvalue weighted by molar-refractivity contribution is 7.89. The summed E-state index contributed by atoms with van der Waals surface area (Å²) in [5, 5.41) is 11.9. The maximum Gasteiger partial charge on any atom is 0.251 e. The maximum absolute atomic E-state index is 13.4. The van der Waals surface area contributed by atoms with Crippen molar-refractivity contribution in [3.8, 4) is 11.8 Å². The Bertz CT molecular complexity index is 1450. The van der Waals surface area contributed by atoms with Crippen LogP contribution in [0.25, 0.3) is 0 Å². The number of amides is 1. The highest BCUT2D eigenvalue weighted by Crippen LogP contribution is 2.26. The van der Waals surface area contributed by atoms with Gasteiger partial charge >= 0.3 is 0 Å². The minimum absolute atomic E-state index is 0.00602. The van der Waals surface area contributed by atoms with E-state index in [1.54, 1.807) is 0 Å². The molecule has 2 N–H and O–H groups in total. The summed E-state index contributed by atoms with van der Waals surface area (Å²) >= 11 is 0. The van der Waals surface area contributed by atoms with E-state index in [0.29, 0.717) is 5.56 Å². The van der Waals surface area contributed by atoms with Gasteiger partial charge in [-0.2, -0.15) is 9.98 Å². The Morgan fingerprint density at radius 3 is 2.29 bits per heavy atom. The van der Waals surface area contributed by atoms with Crippen LogP contribution in [0, 0.1) is 17.1 Å². The van der Waals surface area contributed by atoms with Crippen LogP contribution >= 0.6 is 0 Å². The van der Waals surface area contributed by atoms with Crippen molar-refractivity contribution in [3.63, 3.8) is 0 Å². The molecule has 0 aromatic heterocycles. The van der Waals surface area contributed by atoms with Gasteiger partial charge in [-0.15, -0.1) is 0 Å². The van der Waals surface area contributed by atoms with E-state index in [-0.39, 0.29) is 34.8 Å². The fourth-order valence-corrected chi connectivity index (χ4v) is 5.20. The van der Waals surface area contributed by atoms with Crippen LogP contribution in [0.2, 0.25) is 0 Å². The van der Waals surface area contributed by atoms with Crippen LogP contribution in [0.1, 0.15) is 35.3 Å². The lowest BCUT2D eigenvalue weighted by atomic mass is 9.97. The molecule has 0 unspecified atom stereocenters. The monoisotopic (exact) mass is 537 g/mol. The third-order valence-electron chi connectivity index (χ3n) is 5.65. The van der Waals surface area contributed by atoms with Gasteiger partial charge in [-0.3, -0.25) is 9.59 Å². The van der Waals surface area contributed by atoms with E-state index in [0.717, 1.165) is 17.7 Å². The predicted octanol–water partition coefficient (Wildman–Crippen LogP) is 3.57. The Morgan fingerprint density at radius 2 is 1.68 bits per heavy atom. The van der Waals surface area contributed by atoms with Crippen molar-refractivity contribution < 1.29 is 27.1 Å². The van der Waals surface area contributed by atoms with Crippen LogP contribution < -0.4 is 14.8 Å². The third kappa shape index (κ3) is 7.47. The Morgan fingerprint density at radius 1 is 1.03 bits per heavy atom. The van der Waals surface area contributed by atoms with Gasteiger partial charge in [0.15, 0.2) is 5.78 Å². The van der Waals surface area contributed by atoms with E-state index < -0.39 is 33.3 Å². The minimum Gasteiger partial charge on any atom is -0.495 e. The van der Waals surface area contributed by atoms with Gasteiger partial charge in [-0.1, -0.05) is 36.4 Å². The van der Waals surface area contributed by atoms with Crippen molar-refractivity contribution >= 4 is 21.7 Å². The Hall–Kier alpha value is -4.07. The number of rotatable bonds is 11. The summed E-state index contributed by atoms with van der Waals surface area (Å²) in [6.45, 7) is 2.86. The molecule has 0 bridgehead atoms. The number of nitrogens with one attached hydrogen (secondary N) is 2. The van der Waals surface area contributed by atoms with Gasteiger partial charge in [0.25, 0.3) is 5.91 Å². The summed E-state index contributed by atoms with van der Waals surface area (Å²) in [5.74, 6) is -1.31. The number of Topliss-reactive ketones (excluding diaryl/α,β-unsaturated/α-hetero) is 1. The van der Waals surface area contributed by atoms with Gasteiger partial charge in [-0.05, 0) is 67.8 Å². The molecule has 0 radical (unpaired) electrons. The number of hydrogen-bond acceptors (Lipinski definition) is 6. The molecule has 3 aromatic rings. The number of nitriles is 1. The van der Waals surface area contributed by atoms with Gasteiger partial charge in [0.1, 0.15) is 22.0 Å². The second-order valence-corrected chi connectivity index (χ2v) is 10.8. The molecule has 1 amide bonds. The summed E-state index contributed by atoms with van der Waals surface area (Å²) in [7, 11) is -2.79. The summed E-state index contributed by atoms with van der Waals surface area (Å²) < 4.78 is 46.5. The van der Waals surface area contributed by atoms with E-state index >= 15 is 0 Å². The molecular weight excluding hydrogens is 509 g/mol. The summed E-state index contributed by atoms with van der Waals surface area (Å²) in [6, 6.07) is 19.4. The first-order valence-electron chi connectivity index (χ1n) is 11.7. The van der Waals surface area contributed by atoms with Gasteiger partial charge in [0.2, 0.25) is 10.0 Å². The van der Waals surface area contributed by atoms with Crippen LogP contribution in [-0.2, 0) is 27.7 Å². The number of hydrogen-bond donors (Lipinski definition) is 2. The second-order valence-electron chi connectivity index (χ2n) is 9.19. The van der Waals surface area contributed by atoms with Crippen LogP contribution in [0.3, 0.4) is 0 Å². The van der Waals surface area contributed by atoms with Crippen molar-refractivity contribution in [1.29, 1.82) is 5.26 Å². The first kappa shape index (κ1) is 28.5. The normalized spacial score (nSPS) is 12.3. The zero-order chi connectivity index (χ0) is 27.9. The van der Waals surface area contributed by atoms with Crippen LogP contribution in [-0.4, -0.2) is 38.8 Å². The van der Waals surface area contributed by atoms with E-state index in [1.807, 2.05) is 36.4 Å². The molecule has 3 rings (SSSR count). The van der Waals surface area contributed by atoms with Gasteiger partial charge < -0.3 is 10.1 Å². The number of carbonyl (C=O) groups is 2. The summed E-state index contributed by atoms with van der Waals surface area (Å²) in [4.78, 5) is 26.0. The number of ketones is 1. The van der Waals surface area contributed by atoms with E-state index in [9.17, 15) is 27.7 Å². The van der Waals surface area contributed by atoms with Crippen molar-refractivity contribution in [2.45, 2.75) is 43.2 Å². The minimum atomic E-state index is -4.09. The smallest absolute Gasteiger partial charge is 0.251 e. The molecular formula is C28H28FN3O5S. The molecule has 0 spiro atoms. The van der Waals surface area contributed by atoms with Crippen molar-refractivity contribution in [2.75, 3.05) is 7.11 Å². The topological polar surface area (TPSA) is 125 Å². The highest BCUT2D eigenvalue weighted by Gasteiger charge is 2.29. The molecule has 0 aliphatic carbocycles. The van der Waals surface area contributed by atoms with E-state index in [1.165, 1.54) is 51.3 Å². The maximum atomic E-state index is 13.4. The number of halogens is 1. The van der Waals surface area contributed by atoms with Crippen LogP contribution in [0.4, 0.5) is 4.39 Å². The average molecular weight is 538 g/mol. The molecule has 0 fully saturated rings. The van der Waals surface area contributed by atoms with Gasteiger partial charge in [0, 0.05) is 12.0 Å². The fourth-order valence-electron chi connectivity index (χ4n) is 3.72. The molecule has 0 saturated carbocycles. The summed E-state index contributed by atoms with van der Waals surface area (Å²) in [6.07, 6.45) is 0.109. The second kappa shape index (κ2) is 12.0. The number of benzene rings is 3. The van der Waals surface area contributed by atoms with Gasteiger partial charge in [0.05, 0.1) is 19.2 Å². The first-order valence-corrected chi connectivity index (χ1v) is 13.2. The zero-order valence-electron chi connectivity index (χ0n) is 21.2. The van der Waals surface area contributed by atoms with Crippen LogP contribution in [0.5, 0.6) is 5.75 Å². The number of methoxy groups -OCH3 is 1. The number of sulfonamides is 1. The molecule has 38 heavy (non-hydrogen) atoms. The molecule has 0 aliphatic heterocycles. The van der Waals surface area contributed by atoms with E-state index in [2.05, 4.69) is 10.0 Å². The Balaban J connectivity index is 1.85. The summed E-state index contributed by atoms with van der Waals surface area (Å²) in [5.41, 5.74) is 0.169. The first-order chi connectivity index (χ1) is 17.9. The Labute approximate surface area is 221 Å². The number of carbonyl (C=O) groups excluding carboxylic acids is 2. The molecule has 1 atom stereocenters. The van der Waals surface area contributed by atoms with Crippen molar-refractivity contribution in [2.24, 2.45) is 0 Å². The molecule has 0 saturated heterocycles. The molecule has 198 valence electrons. The third-order valence-corrected chi connectivity index (χ3v) is 7.34. The zero-order valence-corrected chi connectivity index (χ0v) is 22.0. The molecule has 0 aliphatic rings. The lowest BCUT2D eigenvalue weighted by molar-refractivity contribution is -0.120. The van der Waals surface area contributed by atoms with Gasteiger partial charge in [-0.25, -0.2) is 12.8 Å². The van der Waals surface area contributed by atoms with Crippen molar-refractivity contribution in [1.82, 2.24) is 10.0 Å². The highest BCUT2D eigenvalue weighted by atomic mass is 32.2. The number of nitrogens with zero attached hydrogens (tertiary/aromatic N) is 1. The standard InChI is InChI=1S/C28H28FN3O5S/c1-28(2,18-30)32-38(35,36)26-14-9-20(17-25(26)37-3)16-24(33)23(15-19-7-5-4-6-8-19)31-27(34)21-10-12-22(29)13-11-21/h4-14,17,23,32H,15-16H2,1-3H3,(H,31,34)/t23-/m0/s1. The number of ether oxygens (including phenoxy) is 1.